The van der Waals surface area contributed by atoms with Crippen LogP contribution >= 0.6 is 15.9 Å². The number of aromatic nitrogens is 1. The second-order valence-corrected chi connectivity index (χ2v) is 4.75. The third kappa shape index (κ3) is 3.14. The second kappa shape index (κ2) is 5.88. The summed E-state index contributed by atoms with van der Waals surface area (Å²) in [5.74, 6) is 0.356. The predicted octanol–water partition coefficient (Wildman–Crippen LogP) is 3.31. The highest BCUT2D eigenvalue weighted by Crippen LogP contribution is 2.25. The summed E-state index contributed by atoms with van der Waals surface area (Å²) in [5.41, 5.74) is 0.725. The summed E-state index contributed by atoms with van der Waals surface area (Å²) in [6.07, 6.45) is 2.46. The molecule has 0 spiro atoms. The summed E-state index contributed by atoms with van der Waals surface area (Å²) in [6, 6.07) is 5.17. The van der Waals surface area contributed by atoms with Gasteiger partial charge < -0.3 is 14.8 Å². The summed E-state index contributed by atoms with van der Waals surface area (Å²) in [5, 5.41) is 12.2. The molecule has 1 heterocycles. The minimum atomic E-state index is -0.989. The molecular formula is C13H13BrN2O3. The van der Waals surface area contributed by atoms with Gasteiger partial charge in [-0.3, -0.25) is 0 Å². The Hall–Kier alpha value is -1.82. The van der Waals surface area contributed by atoms with Crippen molar-refractivity contribution >= 4 is 27.6 Å². The molecule has 6 heteroatoms. The Morgan fingerprint density at radius 3 is 2.95 bits per heavy atom. The fraction of sp³-hybridized carbons (Fsp3) is 0.231. The molecular weight excluding hydrogens is 312 g/mol. The number of carboxylic acids is 1. The van der Waals surface area contributed by atoms with E-state index in [0.29, 0.717) is 22.6 Å². The van der Waals surface area contributed by atoms with E-state index in [0.717, 1.165) is 12.2 Å². The second-order valence-electron chi connectivity index (χ2n) is 3.89. The Balaban J connectivity index is 2.15. The smallest absolute Gasteiger partial charge is 0.338 e. The summed E-state index contributed by atoms with van der Waals surface area (Å²) in [4.78, 5) is 15.3. The maximum atomic E-state index is 11.2. The maximum Gasteiger partial charge on any atom is 0.338 e. The van der Waals surface area contributed by atoms with Crippen molar-refractivity contribution in [2.24, 2.45) is 0 Å². The molecule has 0 atom stereocenters. The number of oxazole rings is 1. The van der Waals surface area contributed by atoms with Gasteiger partial charge in [-0.15, -0.1) is 0 Å². The van der Waals surface area contributed by atoms with Crippen molar-refractivity contribution in [2.75, 3.05) is 5.32 Å². The maximum absolute atomic E-state index is 11.2. The van der Waals surface area contributed by atoms with Gasteiger partial charge in [0.15, 0.2) is 0 Å². The first-order valence-corrected chi connectivity index (χ1v) is 6.60. The molecule has 100 valence electrons. The van der Waals surface area contributed by atoms with Gasteiger partial charge in [0.2, 0.25) is 5.89 Å². The van der Waals surface area contributed by atoms with Crippen LogP contribution in [0.5, 0.6) is 0 Å². The zero-order valence-electron chi connectivity index (χ0n) is 10.3. The lowest BCUT2D eigenvalue weighted by atomic mass is 10.2. The van der Waals surface area contributed by atoms with E-state index in [1.54, 1.807) is 24.4 Å². The number of nitrogens with one attached hydrogen (secondary N) is 1. The number of benzene rings is 1. The fourth-order valence-electron chi connectivity index (χ4n) is 1.65. The average molecular weight is 325 g/mol. The average Bonchev–Trinajstić information content (AvgIpc) is 2.83. The highest BCUT2D eigenvalue weighted by Gasteiger charge is 2.14. The van der Waals surface area contributed by atoms with E-state index >= 15 is 0 Å². The predicted molar refractivity (Wildman–Crippen MR) is 74.3 cm³/mol. The molecule has 0 bridgehead atoms. The van der Waals surface area contributed by atoms with Crippen LogP contribution in [0.3, 0.4) is 0 Å². The molecule has 2 N–H and O–H groups in total. The number of carbonyl (C=O) groups is 1. The molecule has 1 aromatic carbocycles. The van der Waals surface area contributed by atoms with Crippen LogP contribution in [0.25, 0.3) is 0 Å². The minimum Gasteiger partial charge on any atom is -0.478 e. The Morgan fingerprint density at radius 2 is 2.32 bits per heavy atom. The van der Waals surface area contributed by atoms with Gasteiger partial charge in [0.05, 0.1) is 24.0 Å². The van der Waals surface area contributed by atoms with Crippen LogP contribution in [0, 0.1) is 0 Å². The van der Waals surface area contributed by atoms with Crippen LogP contribution in [0.2, 0.25) is 0 Å². The van der Waals surface area contributed by atoms with Crippen molar-refractivity contribution in [1.82, 2.24) is 4.98 Å². The first-order valence-electron chi connectivity index (χ1n) is 5.81. The number of hydrogen-bond acceptors (Lipinski definition) is 4. The first-order chi connectivity index (χ1) is 9.11. The fourth-order valence-corrected chi connectivity index (χ4v) is 2.19. The van der Waals surface area contributed by atoms with Crippen LogP contribution in [-0.2, 0) is 13.0 Å². The topological polar surface area (TPSA) is 75.4 Å². The number of aryl methyl sites for hydroxylation is 1. The molecule has 1 aromatic heterocycles. The number of carboxylic acid groups (broad SMARTS) is 1. The quantitative estimate of drug-likeness (QED) is 0.882. The van der Waals surface area contributed by atoms with Gasteiger partial charge in [-0.2, -0.15) is 0 Å². The molecule has 5 nitrogen and oxygen atoms in total. The van der Waals surface area contributed by atoms with Crippen LogP contribution in [0.4, 0.5) is 5.69 Å². The van der Waals surface area contributed by atoms with Crippen molar-refractivity contribution in [2.45, 2.75) is 19.9 Å². The van der Waals surface area contributed by atoms with Gasteiger partial charge in [0.1, 0.15) is 5.76 Å². The first kappa shape index (κ1) is 13.6. The molecule has 2 rings (SSSR count). The van der Waals surface area contributed by atoms with Crippen molar-refractivity contribution in [1.29, 1.82) is 0 Å². The van der Waals surface area contributed by atoms with Crippen LogP contribution in [-0.4, -0.2) is 16.1 Å². The molecule has 0 unspecified atom stereocenters. The molecule has 0 aliphatic rings. The van der Waals surface area contributed by atoms with Gasteiger partial charge in [-0.25, -0.2) is 9.78 Å². The molecule has 0 aliphatic carbocycles. The number of anilines is 1. The van der Waals surface area contributed by atoms with E-state index in [1.165, 1.54) is 0 Å². The monoisotopic (exact) mass is 324 g/mol. The van der Waals surface area contributed by atoms with Gasteiger partial charge in [-0.05, 0) is 28.1 Å². The lowest BCUT2D eigenvalue weighted by Crippen LogP contribution is -2.07. The summed E-state index contributed by atoms with van der Waals surface area (Å²) < 4.78 is 5.99. The third-order valence-corrected chi connectivity index (χ3v) is 3.27. The summed E-state index contributed by atoms with van der Waals surface area (Å²) in [7, 11) is 0. The molecule has 0 fully saturated rings. The molecule has 0 saturated carbocycles. The molecule has 0 saturated heterocycles. The molecule has 2 aromatic rings. The van der Waals surface area contributed by atoms with Gasteiger partial charge in [-0.1, -0.05) is 13.0 Å². The van der Waals surface area contributed by atoms with Gasteiger partial charge in [0.25, 0.3) is 0 Å². The summed E-state index contributed by atoms with van der Waals surface area (Å²) >= 11 is 3.23. The van der Waals surface area contributed by atoms with Crippen molar-refractivity contribution < 1.29 is 14.3 Å². The largest absolute Gasteiger partial charge is 0.478 e. The zero-order chi connectivity index (χ0) is 13.8. The van der Waals surface area contributed by atoms with E-state index in [-0.39, 0.29) is 5.56 Å². The van der Waals surface area contributed by atoms with E-state index in [1.807, 2.05) is 6.92 Å². The molecule has 0 amide bonds. The lowest BCUT2D eigenvalue weighted by molar-refractivity contribution is 0.0697. The number of halogens is 1. The van der Waals surface area contributed by atoms with Crippen LogP contribution < -0.4 is 5.32 Å². The number of nitrogens with zero attached hydrogens (tertiary/aromatic N) is 1. The Labute approximate surface area is 118 Å². The van der Waals surface area contributed by atoms with E-state index in [9.17, 15) is 9.90 Å². The molecule has 0 aliphatic heterocycles. The lowest BCUT2D eigenvalue weighted by Gasteiger charge is -2.09. The van der Waals surface area contributed by atoms with Gasteiger partial charge in [0, 0.05) is 10.9 Å². The highest BCUT2D eigenvalue weighted by molar-refractivity contribution is 9.10. The normalized spacial score (nSPS) is 10.4. The summed E-state index contributed by atoms with van der Waals surface area (Å²) in [6.45, 7) is 2.32. The number of aromatic carboxylic acids is 1. The van der Waals surface area contributed by atoms with Crippen LogP contribution in [0.15, 0.2) is 33.3 Å². The van der Waals surface area contributed by atoms with Gasteiger partial charge >= 0.3 is 5.97 Å². The minimum absolute atomic E-state index is 0.199. The van der Waals surface area contributed by atoms with Crippen LogP contribution in [0.1, 0.15) is 28.9 Å². The number of rotatable bonds is 5. The van der Waals surface area contributed by atoms with Crippen molar-refractivity contribution in [3.8, 4) is 0 Å². The molecule has 19 heavy (non-hydrogen) atoms. The third-order valence-electron chi connectivity index (χ3n) is 2.61. The molecule has 0 radical (unpaired) electrons. The zero-order valence-corrected chi connectivity index (χ0v) is 11.9. The van der Waals surface area contributed by atoms with Crippen molar-refractivity contribution in [3.63, 3.8) is 0 Å². The SMILES string of the molecule is CCc1cnc(CNc2cccc(Br)c2C(=O)O)o1. The van der Waals surface area contributed by atoms with E-state index < -0.39 is 5.97 Å². The van der Waals surface area contributed by atoms with Crippen molar-refractivity contribution in [3.05, 3.63) is 46.1 Å². The standard InChI is InChI=1S/C13H13BrN2O3/c1-2-8-6-16-11(19-8)7-15-10-5-3-4-9(14)12(10)13(17)18/h3-6,15H,2,7H2,1H3,(H,17,18). The Morgan fingerprint density at radius 1 is 1.53 bits per heavy atom. The van der Waals surface area contributed by atoms with E-state index in [4.69, 9.17) is 4.42 Å². The highest BCUT2D eigenvalue weighted by atomic mass is 79.9. The Kier molecular flexibility index (Phi) is 4.21. The number of hydrogen-bond donors (Lipinski definition) is 2. The van der Waals surface area contributed by atoms with E-state index in [2.05, 4.69) is 26.2 Å². The Bertz CT molecular complexity index is 595.